The van der Waals surface area contributed by atoms with Gasteiger partial charge in [-0.25, -0.2) is 0 Å². The number of rotatable bonds is 2. The molecule has 2 heterocycles. The Bertz CT molecular complexity index is 1210. The molecule has 0 aliphatic carbocycles. The number of benzene rings is 3. The summed E-state index contributed by atoms with van der Waals surface area (Å²) in [5.41, 5.74) is 8.76. The smallest absolute Gasteiger partial charge is 0.0974 e. The normalized spacial score (nSPS) is 10.8. The van der Waals surface area contributed by atoms with E-state index in [0.717, 1.165) is 33.2 Å². The molecule has 0 atom stereocenters. The molecular weight excluding hydrogens is 527 g/mol. The molecule has 0 aliphatic heterocycles. The molecule has 3 heteroatoms. The van der Waals surface area contributed by atoms with Crippen molar-refractivity contribution in [3.05, 3.63) is 96.3 Å². The molecule has 0 unspecified atom stereocenters. The van der Waals surface area contributed by atoms with Crippen LogP contribution in [0.5, 0.6) is 0 Å². The molecule has 0 saturated carbocycles. The maximum Gasteiger partial charge on any atom is 0.0974 e. The molecule has 1 radical (unpaired) electrons. The van der Waals surface area contributed by atoms with Crippen LogP contribution in [0.1, 0.15) is 11.4 Å². The van der Waals surface area contributed by atoms with Crippen LogP contribution in [0.25, 0.3) is 44.1 Å². The summed E-state index contributed by atoms with van der Waals surface area (Å²) in [7, 11) is 0. The van der Waals surface area contributed by atoms with Gasteiger partial charge in [0.2, 0.25) is 0 Å². The van der Waals surface area contributed by atoms with Crippen LogP contribution in [0.4, 0.5) is 0 Å². The van der Waals surface area contributed by atoms with Crippen molar-refractivity contribution in [3.8, 4) is 22.3 Å². The van der Waals surface area contributed by atoms with Gasteiger partial charge in [0.1, 0.15) is 0 Å². The molecule has 29 heavy (non-hydrogen) atoms. The predicted octanol–water partition coefficient (Wildman–Crippen LogP) is 6.73. The summed E-state index contributed by atoms with van der Waals surface area (Å²) in [4.78, 5) is 9.81. The maximum absolute atomic E-state index is 4.90. The standard InChI is InChI=1S/C26H20N2.Re/c1-17-15-23(19-9-5-3-6-10-19)21-13-14-22-24(20-11-7-4-8-12-20)16-18(2)28-26(22)25(21)27-17;/h3-16H,1-2H3;. The van der Waals surface area contributed by atoms with E-state index in [9.17, 15) is 0 Å². The maximum atomic E-state index is 4.90. The Morgan fingerprint density at radius 1 is 0.517 bits per heavy atom. The van der Waals surface area contributed by atoms with E-state index >= 15 is 0 Å². The largest absolute Gasteiger partial charge is 0.251 e. The zero-order chi connectivity index (χ0) is 19.1. The van der Waals surface area contributed by atoms with Gasteiger partial charge in [-0.05, 0) is 48.2 Å². The Hall–Kier alpha value is -2.86. The van der Waals surface area contributed by atoms with Gasteiger partial charge in [-0.3, -0.25) is 9.97 Å². The number of fused-ring (bicyclic) bond motifs is 3. The molecule has 0 N–H and O–H groups in total. The monoisotopic (exact) mass is 547 g/mol. The van der Waals surface area contributed by atoms with Crippen LogP contribution in [0, 0.1) is 13.8 Å². The summed E-state index contributed by atoms with van der Waals surface area (Å²) in [5.74, 6) is 0. The first-order chi connectivity index (χ1) is 13.7. The second-order valence-electron chi connectivity index (χ2n) is 7.21. The first-order valence-electron chi connectivity index (χ1n) is 9.53. The van der Waals surface area contributed by atoms with Crippen molar-refractivity contribution < 1.29 is 20.4 Å². The molecule has 5 aromatic rings. The van der Waals surface area contributed by atoms with Crippen LogP contribution in [0.15, 0.2) is 84.9 Å². The molecule has 0 bridgehead atoms. The zero-order valence-corrected chi connectivity index (χ0v) is 19.1. The minimum atomic E-state index is 0. The van der Waals surface area contributed by atoms with Crippen LogP contribution in [-0.4, -0.2) is 9.97 Å². The van der Waals surface area contributed by atoms with E-state index in [2.05, 4.69) is 86.6 Å². The van der Waals surface area contributed by atoms with Gasteiger partial charge in [0.05, 0.1) is 11.0 Å². The first-order valence-corrected chi connectivity index (χ1v) is 9.53. The van der Waals surface area contributed by atoms with Gasteiger partial charge < -0.3 is 0 Å². The fourth-order valence-corrected chi connectivity index (χ4v) is 3.94. The van der Waals surface area contributed by atoms with E-state index in [1.807, 2.05) is 12.1 Å². The van der Waals surface area contributed by atoms with Crippen LogP contribution < -0.4 is 0 Å². The second-order valence-corrected chi connectivity index (χ2v) is 7.21. The summed E-state index contributed by atoms with van der Waals surface area (Å²) in [6.07, 6.45) is 0. The van der Waals surface area contributed by atoms with Crippen molar-refractivity contribution in [2.45, 2.75) is 13.8 Å². The summed E-state index contributed by atoms with van der Waals surface area (Å²) < 4.78 is 0. The first kappa shape index (κ1) is 19.5. The number of aryl methyl sites for hydroxylation is 2. The third-order valence-corrected chi connectivity index (χ3v) is 5.18. The molecule has 141 valence electrons. The Morgan fingerprint density at radius 3 is 1.28 bits per heavy atom. The van der Waals surface area contributed by atoms with Crippen LogP contribution in [0.3, 0.4) is 0 Å². The Morgan fingerprint density at radius 2 is 0.897 bits per heavy atom. The van der Waals surface area contributed by atoms with Crippen molar-refractivity contribution in [2.24, 2.45) is 0 Å². The van der Waals surface area contributed by atoms with E-state index in [1.165, 1.54) is 22.3 Å². The molecule has 0 fully saturated rings. The average Bonchev–Trinajstić information content (AvgIpc) is 2.74. The van der Waals surface area contributed by atoms with E-state index in [-0.39, 0.29) is 20.4 Å². The van der Waals surface area contributed by atoms with E-state index in [1.54, 1.807) is 0 Å². The molecule has 2 aromatic heterocycles. The molecule has 5 rings (SSSR count). The minimum Gasteiger partial charge on any atom is -0.251 e. The third-order valence-electron chi connectivity index (χ3n) is 5.18. The number of pyridine rings is 2. The molecule has 0 amide bonds. The minimum absolute atomic E-state index is 0. The average molecular weight is 547 g/mol. The van der Waals surface area contributed by atoms with Gasteiger partial charge in [-0.15, -0.1) is 0 Å². The summed E-state index contributed by atoms with van der Waals surface area (Å²) >= 11 is 0. The fraction of sp³-hybridized carbons (Fsp3) is 0.0769. The number of nitrogens with zero attached hydrogens (tertiary/aromatic N) is 2. The van der Waals surface area contributed by atoms with Crippen LogP contribution in [-0.2, 0) is 20.4 Å². The zero-order valence-electron chi connectivity index (χ0n) is 16.4. The number of hydrogen-bond acceptors (Lipinski definition) is 2. The molecule has 2 nitrogen and oxygen atoms in total. The van der Waals surface area contributed by atoms with E-state index < -0.39 is 0 Å². The van der Waals surface area contributed by atoms with Gasteiger partial charge in [0, 0.05) is 42.6 Å². The molecule has 0 saturated heterocycles. The van der Waals surface area contributed by atoms with E-state index in [4.69, 9.17) is 9.97 Å². The SMILES string of the molecule is Cc1cc(-c2ccccc2)c2ccc3c(-c4ccccc4)cc(C)nc3c2n1.[Re]. The molecule has 0 aliphatic rings. The molecule has 3 aromatic carbocycles. The Labute approximate surface area is 184 Å². The Balaban J connectivity index is 0.00000205. The molecular formula is C26H20N2Re. The number of hydrogen-bond donors (Lipinski definition) is 0. The van der Waals surface area contributed by atoms with Gasteiger partial charge in [0.25, 0.3) is 0 Å². The summed E-state index contributed by atoms with van der Waals surface area (Å²) in [6, 6.07) is 29.7. The van der Waals surface area contributed by atoms with Crippen LogP contribution in [0.2, 0.25) is 0 Å². The summed E-state index contributed by atoms with van der Waals surface area (Å²) in [6.45, 7) is 4.11. The topological polar surface area (TPSA) is 25.8 Å². The van der Waals surface area contributed by atoms with Crippen LogP contribution >= 0.6 is 0 Å². The van der Waals surface area contributed by atoms with Crippen molar-refractivity contribution in [2.75, 3.05) is 0 Å². The fourth-order valence-electron chi connectivity index (χ4n) is 3.94. The van der Waals surface area contributed by atoms with Gasteiger partial charge in [0.15, 0.2) is 0 Å². The van der Waals surface area contributed by atoms with Crippen molar-refractivity contribution >= 4 is 21.8 Å². The molecule has 0 spiro atoms. The van der Waals surface area contributed by atoms with E-state index in [0.29, 0.717) is 0 Å². The van der Waals surface area contributed by atoms with Crippen molar-refractivity contribution in [3.63, 3.8) is 0 Å². The second kappa shape index (κ2) is 7.87. The van der Waals surface area contributed by atoms with Gasteiger partial charge >= 0.3 is 0 Å². The van der Waals surface area contributed by atoms with Gasteiger partial charge in [-0.1, -0.05) is 72.8 Å². The third kappa shape index (κ3) is 3.49. The van der Waals surface area contributed by atoms with Crippen molar-refractivity contribution in [1.29, 1.82) is 0 Å². The van der Waals surface area contributed by atoms with Crippen molar-refractivity contribution in [1.82, 2.24) is 9.97 Å². The predicted molar refractivity (Wildman–Crippen MR) is 117 cm³/mol. The van der Waals surface area contributed by atoms with Gasteiger partial charge in [-0.2, -0.15) is 0 Å². The summed E-state index contributed by atoms with van der Waals surface area (Å²) in [5, 5.41) is 2.28. The number of aromatic nitrogens is 2. The Kier molecular flexibility index (Phi) is 5.28. The quantitative estimate of drug-likeness (QED) is 0.230.